The lowest BCUT2D eigenvalue weighted by Crippen LogP contribution is -2.07. The molecular weight excluding hydrogens is 256 g/mol. The van der Waals surface area contributed by atoms with Crippen LogP contribution in [0.4, 0.5) is 0 Å². The number of halogens is 1. The van der Waals surface area contributed by atoms with Crippen molar-refractivity contribution >= 4 is 17.4 Å². The van der Waals surface area contributed by atoms with Crippen LogP contribution in [0.2, 0.25) is 5.02 Å². The molecule has 0 spiro atoms. The quantitative estimate of drug-likeness (QED) is 0.741. The van der Waals surface area contributed by atoms with Gasteiger partial charge in [0.15, 0.2) is 5.78 Å². The standard InChI is InChI=1S/C17H17ClO/c1-11-8-13(3)15(9-12(11)2)17(19)10-14-6-4-5-7-16(14)18/h4-9H,10H2,1-3H3. The number of carbonyl (C=O) groups is 1. The van der Waals surface area contributed by atoms with Crippen LogP contribution in [-0.4, -0.2) is 5.78 Å². The molecule has 0 atom stereocenters. The fourth-order valence-corrected chi connectivity index (χ4v) is 2.37. The van der Waals surface area contributed by atoms with E-state index in [9.17, 15) is 4.79 Å². The average Bonchev–Trinajstić information content (AvgIpc) is 2.36. The minimum absolute atomic E-state index is 0.119. The summed E-state index contributed by atoms with van der Waals surface area (Å²) in [5.74, 6) is 0.119. The van der Waals surface area contributed by atoms with Crippen LogP contribution in [0.3, 0.4) is 0 Å². The number of rotatable bonds is 3. The van der Waals surface area contributed by atoms with Crippen molar-refractivity contribution in [2.75, 3.05) is 0 Å². The Morgan fingerprint density at radius 1 is 1.00 bits per heavy atom. The maximum absolute atomic E-state index is 12.4. The maximum atomic E-state index is 12.4. The molecule has 98 valence electrons. The van der Waals surface area contributed by atoms with Crippen molar-refractivity contribution in [3.63, 3.8) is 0 Å². The summed E-state index contributed by atoms with van der Waals surface area (Å²) < 4.78 is 0. The summed E-state index contributed by atoms with van der Waals surface area (Å²) in [6.45, 7) is 6.07. The molecule has 0 bridgehead atoms. The smallest absolute Gasteiger partial charge is 0.167 e. The van der Waals surface area contributed by atoms with Crippen LogP contribution < -0.4 is 0 Å². The van der Waals surface area contributed by atoms with E-state index in [1.54, 1.807) is 0 Å². The van der Waals surface area contributed by atoms with Crippen molar-refractivity contribution in [3.05, 3.63) is 69.2 Å². The number of carbonyl (C=O) groups excluding carboxylic acids is 1. The normalized spacial score (nSPS) is 10.5. The fraction of sp³-hybridized carbons (Fsp3) is 0.235. The molecule has 0 saturated carbocycles. The Bertz CT molecular complexity index is 629. The largest absolute Gasteiger partial charge is 0.294 e. The Labute approximate surface area is 119 Å². The summed E-state index contributed by atoms with van der Waals surface area (Å²) in [6.07, 6.45) is 0.350. The molecule has 0 heterocycles. The second-order valence-corrected chi connectivity index (χ2v) is 5.35. The molecule has 2 aromatic rings. The monoisotopic (exact) mass is 272 g/mol. The van der Waals surface area contributed by atoms with E-state index in [4.69, 9.17) is 11.6 Å². The van der Waals surface area contributed by atoms with Crippen molar-refractivity contribution in [2.45, 2.75) is 27.2 Å². The number of hydrogen-bond acceptors (Lipinski definition) is 1. The minimum Gasteiger partial charge on any atom is -0.294 e. The van der Waals surface area contributed by atoms with Gasteiger partial charge in [-0.15, -0.1) is 0 Å². The first-order chi connectivity index (χ1) is 8.99. The highest BCUT2D eigenvalue weighted by atomic mass is 35.5. The Balaban J connectivity index is 2.31. The number of benzene rings is 2. The van der Waals surface area contributed by atoms with Crippen molar-refractivity contribution < 1.29 is 4.79 Å². The molecule has 19 heavy (non-hydrogen) atoms. The first-order valence-corrected chi connectivity index (χ1v) is 6.71. The SMILES string of the molecule is Cc1cc(C)c(C(=O)Cc2ccccc2Cl)cc1C. The molecule has 1 nitrogen and oxygen atoms in total. The van der Waals surface area contributed by atoms with E-state index in [1.807, 2.05) is 44.2 Å². The average molecular weight is 273 g/mol. The van der Waals surface area contributed by atoms with Crippen LogP contribution in [0, 0.1) is 20.8 Å². The van der Waals surface area contributed by atoms with Gasteiger partial charge in [-0.2, -0.15) is 0 Å². The van der Waals surface area contributed by atoms with Gasteiger partial charge in [-0.3, -0.25) is 4.79 Å². The van der Waals surface area contributed by atoms with Crippen molar-refractivity contribution in [1.29, 1.82) is 0 Å². The molecule has 0 aromatic heterocycles. The summed E-state index contributed by atoms with van der Waals surface area (Å²) in [6, 6.07) is 11.5. The highest BCUT2D eigenvalue weighted by Crippen LogP contribution is 2.20. The minimum atomic E-state index is 0.119. The third-order valence-corrected chi connectivity index (χ3v) is 3.82. The summed E-state index contributed by atoms with van der Waals surface area (Å²) in [5, 5.41) is 0.650. The molecule has 2 heteroatoms. The van der Waals surface area contributed by atoms with Crippen LogP contribution in [0.25, 0.3) is 0 Å². The van der Waals surface area contributed by atoms with Gasteiger partial charge in [-0.05, 0) is 55.2 Å². The maximum Gasteiger partial charge on any atom is 0.167 e. The molecule has 2 rings (SSSR count). The Kier molecular flexibility index (Phi) is 4.06. The summed E-state index contributed by atoms with van der Waals surface area (Å²) in [7, 11) is 0. The summed E-state index contributed by atoms with van der Waals surface area (Å²) in [5.41, 5.74) is 5.06. The number of aryl methyl sites for hydroxylation is 3. The molecule has 2 aromatic carbocycles. The van der Waals surface area contributed by atoms with E-state index >= 15 is 0 Å². The first kappa shape index (κ1) is 13.8. The van der Waals surface area contributed by atoms with Crippen LogP contribution in [0.5, 0.6) is 0 Å². The van der Waals surface area contributed by atoms with Crippen molar-refractivity contribution in [2.24, 2.45) is 0 Å². The van der Waals surface area contributed by atoms with E-state index in [-0.39, 0.29) is 5.78 Å². The predicted octanol–water partition coefficient (Wildman–Crippen LogP) is 4.69. The van der Waals surface area contributed by atoms with Gasteiger partial charge in [0.25, 0.3) is 0 Å². The van der Waals surface area contributed by atoms with Gasteiger partial charge in [0.05, 0.1) is 0 Å². The van der Waals surface area contributed by atoms with E-state index in [2.05, 4.69) is 13.0 Å². The van der Waals surface area contributed by atoms with Gasteiger partial charge in [0, 0.05) is 17.0 Å². The Morgan fingerprint density at radius 2 is 1.63 bits per heavy atom. The first-order valence-electron chi connectivity index (χ1n) is 6.33. The summed E-state index contributed by atoms with van der Waals surface area (Å²) >= 11 is 6.10. The van der Waals surface area contributed by atoms with Gasteiger partial charge in [-0.1, -0.05) is 35.9 Å². The van der Waals surface area contributed by atoms with Crippen LogP contribution in [-0.2, 0) is 6.42 Å². The molecule has 0 unspecified atom stereocenters. The molecular formula is C17H17ClO. The van der Waals surface area contributed by atoms with Gasteiger partial charge in [0.2, 0.25) is 0 Å². The second-order valence-electron chi connectivity index (χ2n) is 4.94. The molecule has 0 aliphatic rings. The molecule has 0 fully saturated rings. The molecule has 0 saturated heterocycles. The number of ketones is 1. The van der Waals surface area contributed by atoms with Gasteiger partial charge < -0.3 is 0 Å². The molecule has 0 radical (unpaired) electrons. The molecule has 0 amide bonds. The van der Waals surface area contributed by atoms with E-state index in [1.165, 1.54) is 5.56 Å². The molecule has 0 N–H and O–H groups in total. The lowest BCUT2D eigenvalue weighted by Gasteiger charge is -2.09. The van der Waals surface area contributed by atoms with Crippen LogP contribution >= 0.6 is 11.6 Å². The van der Waals surface area contributed by atoms with Crippen molar-refractivity contribution in [3.8, 4) is 0 Å². The third-order valence-electron chi connectivity index (χ3n) is 3.45. The van der Waals surface area contributed by atoms with E-state index in [0.717, 1.165) is 22.3 Å². The number of hydrogen-bond donors (Lipinski definition) is 0. The second kappa shape index (κ2) is 5.58. The van der Waals surface area contributed by atoms with E-state index in [0.29, 0.717) is 11.4 Å². The third kappa shape index (κ3) is 3.05. The lowest BCUT2D eigenvalue weighted by molar-refractivity contribution is 0.0992. The van der Waals surface area contributed by atoms with Crippen LogP contribution in [0.15, 0.2) is 36.4 Å². The van der Waals surface area contributed by atoms with Crippen LogP contribution in [0.1, 0.15) is 32.6 Å². The predicted molar refractivity (Wildman–Crippen MR) is 80.1 cm³/mol. The van der Waals surface area contributed by atoms with Crippen molar-refractivity contribution in [1.82, 2.24) is 0 Å². The van der Waals surface area contributed by atoms with Gasteiger partial charge >= 0.3 is 0 Å². The lowest BCUT2D eigenvalue weighted by atomic mass is 9.95. The van der Waals surface area contributed by atoms with Gasteiger partial charge in [0.1, 0.15) is 0 Å². The zero-order valence-electron chi connectivity index (χ0n) is 11.5. The highest BCUT2D eigenvalue weighted by Gasteiger charge is 2.12. The zero-order chi connectivity index (χ0) is 14.0. The van der Waals surface area contributed by atoms with E-state index < -0.39 is 0 Å². The molecule has 0 aliphatic heterocycles. The number of Topliss-reactive ketones (excluding diaryl/α,β-unsaturated/α-hetero) is 1. The zero-order valence-corrected chi connectivity index (χ0v) is 12.2. The molecule has 0 aliphatic carbocycles. The Hall–Kier alpha value is -1.60. The topological polar surface area (TPSA) is 17.1 Å². The summed E-state index contributed by atoms with van der Waals surface area (Å²) in [4.78, 5) is 12.4. The fourth-order valence-electron chi connectivity index (χ4n) is 2.17. The Morgan fingerprint density at radius 3 is 2.32 bits per heavy atom. The highest BCUT2D eigenvalue weighted by molar-refractivity contribution is 6.31. The van der Waals surface area contributed by atoms with Gasteiger partial charge in [-0.25, -0.2) is 0 Å².